The highest BCUT2D eigenvalue weighted by atomic mass is 79.9. The number of aliphatic imine (C=N–C) groups is 1. The number of fused-ring (bicyclic) bond motifs is 1. The number of hydrogen-bond acceptors (Lipinski definition) is 4. The van der Waals surface area contributed by atoms with E-state index in [2.05, 4.69) is 31.2 Å². The van der Waals surface area contributed by atoms with Gasteiger partial charge in [-0.1, -0.05) is 22.0 Å². The molecule has 2 aromatic rings. The number of benzodiazepines with no additional fused rings is 1. The first-order valence-electron chi connectivity index (χ1n) is 7.86. The number of pyridine rings is 1. The summed E-state index contributed by atoms with van der Waals surface area (Å²) < 4.78 is 0.869. The number of rotatable bonds is 5. The molecule has 0 saturated heterocycles. The van der Waals surface area contributed by atoms with Crippen molar-refractivity contribution in [1.82, 2.24) is 4.98 Å². The van der Waals surface area contributed by atoms with Crippen LogP contribution in [0.2, 0.25) is 0 Å². The van der Waals surface area contributed by atoms with E-state index < -0.39 is 12.0 Å². The minimum absolute atomic E-state index is 0.0106. The molecule has 128 valence electrons. The first-order chi connectivity index (χ1) is 12.0. The molecule has 1 aliphatic rings. The van der Waals surface area contributed by atoms with Crippen LogP contribution >= 0.6 is 15.9 Å². The van der Waals surface area contributed by atoms with Crippen molar-refractivity contribution in [2.24, 2.45) is 4.99 Å². The van der Waals surface area contributed by atoms with Crippen molar-refractivity contribution in [1.29, 1.82) is 0 Å². The van der Waals surface area contributed by atoms with Crippen LogP contribution < -0.4 is 5.32 Å². The molecule has 1 atom stereocenters. The molecule has 6 nitrogen and oxygen atoms in total. The number of benzene rings is 1. The summed E-state index contributed by atoms with van der Waals surface area (Å²) in [7, 11) is 0. The van der Waals surface area contributed by atoms with Gasteiger partial charge in [-0.3, -0.25) is 19.6 Å². The van der Waals surface area contributed by atoms with Gasteiger partial charge in [0.15, 0.2) is 0 Å². The Morgan fingerprint density at radius 3 is 2.84 bits per heavy atom. The molecule has 1 unspecified atom stereocenters. The number of carbonyl (C=O) groups is 2. The summed E-state index contributed by atoms with van der Waals surface area (Å²) in [5.41, 5.74) is 2.73. The van der Waals surface area contributed by atoms with Crippen LogP contribution in [0.5, 0.6) is 0 Å². The Labute approximate surface area is 153 Å². The number of nitrogens with zero attached hydrogens (tertiary/aromatic N) is 2. The summed E-state index contributed by atoms with van der Waals surface area (Å²) in [6.07, 6.45) is 2.43. The number of hydrogen-bond donors (Lipinski definition) is 2. The van der Waals surface area contributed by atoms with Crippen LogP contribution in [0.1, 0.15) is 30.5 Å². The molecule has 2 heterocycles. The second kappa shape index (κ2) is 7.57. The van der Waals surface area contributed by atoms with E-state index in [4.69, 9.17) is 5.11 Å². The first-order valence-corrected chi connectivity index (χ1v) is 8.65. The Morgan fingerprint density at radius 2 is 2.12 bits per heavy atom. The van der Waals surface area contributed by atoms with Crippen molar-refractivity contribution in [3.8, 4) is 0 Å². The average Bonchev–Trinajstić information content (AvgIpc) is 2.72. The molecule has 7 heteroatoms. The molecular weight excluding hydrogens is 386 g/mol. The van der Waals surface area contributed by atoms with Crippen molar-refractivity contribution in [3.05, 3.63) is 58.3 Å². The highest BCUT2D eigenvalue weighted by molar-refractivity contribution is 9.10. The van der Waals surface area contributed by atoms with Crippen LogP contribution in [-0.4, -0.2) is 33.7 Å². The van der Waals surface area contributed by atoms with E-state index in [1.165, 1.54) is 0 Å². The zero-order valence-electron chi connectivity index (χ0n) is 13.3. The molecule has 1 aromatic heterocycles. The lowest BCUT2D eigenvalue weighted by molar-refractivity contribution is -0.137. The zero-order chi connectivity index (χ0) is 17.8. The van der Waals surface area contributed by atoms with Crippen LogP contribution in [0.15, 0.2) is 52.1 Å². The van der Waals surface area contributed by atoms with Gasteiger partial charge in [-0.05, 0) is 43.2 Å². The lowest BCUT2D eigenvalue weighted by atomic mass is 10.0. The fourth-order valence-corrected chi connectivity index (χ4v) is 3.03. The summed E-state index contributed by atoms with van der Waals surface area (Å²) in [6.45, 7) is 0. The van der Waals surface area contributed by atoms with E-state index in [9.17, 15) is 9.59 Å². The van der Waals surface area contributed by atoms with Crippen molar-refractivity contribution < 1.29 is 14.7 Å². The number of halogens is 1. The third-order valence-electron chi connectivity index (χ3n) is 3.86. The molecule has 1 amide bonds. The Balaban J connectivity index is 2.02. The predicted octanol–water partition coefficient (Wildman–Crippen LogP) is 3.26. The second-order valence-corrected chi connectivity index (χ2v) is 6.59. The first kappa shape index (κ1) is 17.3. The summed E-state index contributed by atoms with van der Waals surface area (Å²) in [4.78, 5) is 32.3. The number of carboxylic acid groups (broad SMARTS) is 1. The average molecular weight is 402 g/mol. The van der Waals surface area contributed by atoms with Gasteiger partial charge in [0.25, 0.3) is 0 Å². The van der Waals surface area contributed by atoms with Gasteiger partial charge in [0.1, 0.15) is 6.04 Å². The summed E-state index contributed by atoms with van der Waals surface area (Å²) >= 11 is 3.45. The highest BCUT2D eigenvalue weighted by Gasteiger charge is 2.26. The number of aliphatic carboxylic acids is 1. The Kier molecular flexibility index (Phi) is 5.23. The molecule has 1 aliphatic heterocycles. The van der Waals surface area contributed by atoms with Gasteiger partial charge < -0.3 is 10.4 Å². The van der Waals surface area contributed by atoms with Gasteiger partial charge in [-0.25, -0.2) is 0 Å². The maximum Gasteiger partial charge on any atom is 0.303 e. The molecule has 2 N–H and O–H groups in total. The molecule has 1 aromatic carbocycles. The van der Waals surface area contributed by atoms with Crippen LogP contribution in [0.3, 0.4) is 0 Å². The van der Waals surface area contributed by atoms with Crippen LogP contribution in [0.25, 0.3) is 0 Å². The van der Waals surface area contributed by atoms with Crippen LogP contribution in [0.4, 0.5) is 5.69 Å². The Bertz CT molecular complexity index is 837. The van der Waals surface area contributed by atoms with Gasteiger partial charge in [-0.15, -0.1) is 0 Å². The molecule has 0 aliphatic carbocycles. The number of anilines is 1. The van der Waals surface area contributed by atoms with Gasteiger partial charge in [0.2, 0.25) is 5.91 Å². The van der Waals surface area contributed by atoms with Gasteiger partial charge >= 0.3 is 5.97 Å². The number of aromatic nitrogens is 1. The minimum atomic E-state index is -0.879. The molecule has 0 radical (unpaired) electrons. The fourth-order valence-electron chi connectivity index (χ4n) is 2.67. The van der Waals surface area contributed by atoms with Crippen molar-refractivity contribution in [2.45, 2.75) is 25.3 Å². The van der Waals surface area contributed by atoms with Crippen molar-refractivity contribution in [3.63, 3.8) is 0 Å². The summed E-state index contributed by atoms with van der Waals surface area (Å²) in [5, 5.41) is 11.7. The van der Waals surface area contributed by atoms with E-state index in [0.29, 0.717) is 29.9 Å². The minimum Gasteiger partial charge on any atom is -0.481 e. The highest BCUT2D eigenvalue weighted by Crippen LogP contribution is 2.27. The zero-order valence-corrected chi connectivity index (χ0v) is 14.9. The van der Waals surface area contributed by atoms with E-state index in [-0.39, 0.29) is 12.3 Å². The summed E-state index contributed by atoms with van der Waals surface area (Å²) in [6, 6.07) is 10.4. The molecule has 0 fully saturated rings. The summed E-state index contributed by atoms with van der Waals surface area (Å²) in [5.74, 6) is -1.12. The van der Waals surface area contributed by atoms with E-state index >= 15 is 0 Å². The Hall–Kier alpha value is -2.54. The Morgan fingerprint density at radius 1 is 1.28 bits per heavy atom. The molecule has 3 rings (SSSR count). The monoisotopic (exact) mass is 401 g/mol. The van der Waals surface area contributed by atoms with Crippen LogP contribution in [-0.2, 0) is 9.59 Å². The van der Waals surface area contributed by atoms with Crippen molar-refractivity contribution in [2.75, 3.05) is 5.32 Å². The van der Waals surface area contributed by atoms with Gasteiger partial charge in [0.05, 0.1) is 17.1 Å². The lowest BCUT2D eigenvalue weighted by Gasteiger charge is -2.10. The smallest absolute Gasteiger partial charge is 0.303 e. The maximum atomic E-state index is 12.5. The lowest BCUT2D eigenvalue weighted by Crippen LogP contribution is -2.25. The SMILES string of the molecule is O=C(O)CCCC1N=C(c2ccccn2)c2cc(Br)ccc2NC1=O. The molecule has 25 heavy (non-hydrogen) atoms. The van der Waals surface area contributed by atoms with Crippen LogP contribution in [0, 0.1) is 0 Å². The maximum absolute atomic E-state index is 12.5. The largest absolute Gasteiger partial charge is 0.481 e. The quantitative estimate of drug-likeness (QED) is 0.803. The molecular formula is C18H16BrN3O3. The molecule has 0 saturated carbocycles. The van der Waals surface area contributed by atoms with Crippen molar-refractivity contribution >= 4 is 39.2 Å². The van der Waals surface area contributed by atoms with Gasteiger partial charge in [-0.2, -0.15) is 0 Å². The molecule has 0 spiro atoms. The van der Waals surface area contributed by atoms with E-state index in [1.807, 2.05) is 36.4 Å². The second-order valence-electron chi connectivity index (χ2n) is 5.67. The third-order valence-corrected chi connectivity index (χ3v) is 4.35. The fraction of sp³-hybridized carbons (Fsp3) is 0.222. The molecule has 0 bridgehead atoms. The number of carboxylic acids is 1. The number of nitrogens with one attached hydrogen (secondary N) is 1. The number of amides is 1. The van der Waals surface area contributed by atoms with E-state index in [1.54, 1.807) is 6.20 Å². The van der Waals surface area contributed by atoms with Gasteiger partial charge in [0, 0.05) is 22.7 Å². The normalized spacial score (nSPS) is 16.4. The third kappa shape index (κ3) is 4.11. The predicted molar refractivity (Wildman–Crippen MR) is 97.9 cm³/mol. The topological polar surface area (TPSA) is 91.7 Å². The standard InChI is InChI=1S/C18H16BrN3O3/c19-11-7-8-13-12(10-11)17(14-4-1-2-9-20-14)21-15(18(25)22-13)5-3-6-16(23)24/h1-2,4,7-10,15H,3,5-6H2,(H,22,25)(H,23,24). The van der Waals surface area contributed by atoms with E-state index in [0.717, 1.165) is 10.0 Å². The number of carbonyl (C=O) groups excluding carboxylic acids is 1.